The van der Waals surface area contributed by atoms with Gasteiger partial charge in [0.15, 0.2) is 0 Å². The highest BCUT2D eigenvalue weighted by Gasteiger charge is 2.28. The lowest BCUT2D eigenvalue weighted by Gasteiger charge is -2.05. The van der Waals surface area contributed by atoms with Crippen molar-refractivity contribution in [1.82, 2.24) is 16.0 Å². The van der Waals surface area contributed by atoms with Crippen molar-refractivity contribution in [2.75, 3.05) is 18.1 Å². The van der Waals surface area contributed by atoms with E-state index in [9.17, 15) is 14.4 Å². The van der Waals surface area contributed by atoms with E-state index < -0.39 is 12.1 Å². The number of thioether (sulfide) groups is 1. The molecule has 0 bridgehead atoms. The first-order chi connectivity index (χ1) is 7.09. The van der Waals surface area contributed by atoms with E-state index in [-0.39, 0.29) is 24.3 Å². The standard InChI is InChI=1S/C7H12N4O3S.ClH/c8-6(13)9-1-2-15-3-4-5(12)11-7(14)10-4;/h4H,1-3H2,(H3,8,9,13)(H2,10,11,12,14);1H/t4-;/m0./s1. The Morgan fingerprint density at radius 3 is 2.69 bits per heavy atom. The molecule has 0 saturated carbocycles. The Morgan fingerprint density at radius 1 is 1.50 bits per heavy atom. The van der Waals surface area contributed by atoms with Gasteiger partial charge in [0, 0.05) is 18.1 Å². The molecule has 0 aromatic rings. The minimum Gasteiger partial charge on any atom is -1.00 e. The van der Waals surface area contributed by atoms with Crippen molar-refractivity contribution in [3.05, 3.63) is 0 Å². The molecule has 9 heteroatoms. The molecule has 1 saturated heterocycles. The van der Waals surface area contributed by atoms with E-state index in [4.69, 9.17) is 0 Å². The van der Waals surface area contributed by atoms with E-state index in [1.54, 1.807) is 0 Å². The van der Waals surface area contributed by atoms with Crippen LogP contribution in [0.4, 0.5) is 9.59 Å². The molecule has 0 aromatic heterocycles. The zero-order chi connectivity index (χ0) is 11.3. The molecular weight excluding hydrogens is 256 g/mol. The molecule has 0 radical (unpaired) electrons. The van der Waals surface area contributed by atoms with Crippen molar-refractivity contribution in [2.45, 2.75) is 6.04 Å². The summed E-state index contributed by atoms with van der Waals surface area (Å²) in [5.74, 6) is 0.889. The summed E-state index contributed by atoms with van der Waals surface area (Å²) in [6.45, 7) is 0.509. The maximum absolute atomic E-state index is 11.1. The van der Waals surface area contributed by atoms with Gasteiger partial charge in [-0.1, -0.05) is 0 Å². The Labute approximate surface area is 103 Å². The van der Waals surface area contributed by atoms with Gasteiger partial charge in [-0.3, -0.25) is 15.8 Å². The largest absolute Gasteiger partial charge is 1.00 e. The second-order valence-electron chi connectivity index (χ2n) is 2.94. The monoisotopic (exact) mass is 268 g/mol. The zero-order valence-electron chi connectivity index (χ0n) is 8.42. The molecule has 1 aliphatic rings. The molecule has 1 fully saturated rings. The van der Waals surface area contributed by atoms with E-state index in [0.717, 1.165) is 0 Å². The summed E-state index contributed by atoms with van der Waals surface area (Å²) in [6.07, 6.45) is 0. The Kier molecular flexibility index (Phi) is 6.86. The number of hydrogen-bond acceptors (Lipinski definition) is 4. The number of hydrogen-bond donors (Lipinski definition) is 4. The van der Waals surface area contributed by atoms with E-state index in [1.165, 1.54) is 11.8 Å². The number of urea groups is 2. The third kappa shape index (κ3) is 5.19. The predicted octanol–water partition coefficient (Wildman–Crippen LogP) is -5.12. The lowest BCUT2D eigenvalue weighted by molar-refractivity contribution is -0.250. The highest BCUT2D eigenvalue weighted by atomic mass is 35.5. The van der Waals surface area contributed by atoms with Gasteiger partial charge in [-0.2, -0.15) is 11.8 Å². The Morgan fingerprint density at radius 2 is 2.19 bits per heavy atom. The number of carbonyl (C=O) groups excluding carboxylic acids is 3. The lowest BCUT2D eigenvalue weighted by Crippen LogP contribution is -3.00. The summed E-state index contributed by atoms with van der Waals surface area (Å²) in [7, 11) is 0. The molecule has 0 spiro atoms. The van der Waals surface area contributed by atoms with Crippen LogP contribution in [0, 0.1) is 0 Å². The van der Waals surface area contributed by atoms with E-state index in [2.05, 4.69) is 21.7 Å². The molecule has 7 nitrogen and oxygen atoms in total. The minimum absolute atomic E-state index is 0. The van der Waals surface area contributed by atoms with Crippen LogP contribution in [0.25, 0.3) is 0 Å². The van der Waals surface area contributed by atoms with Crippen LogP contribution in [0.5, 0.6) is 0 Å². The highest BCUT2D eigenvalue weighted by molar-refractivity contribution is 7.99. The second kappa shape index (κ2) is 7.31. The van der Waals surface area contributed by atoms with Crippen LogP contribution in [-0.4, -0.2) is 42.1 Å². The Bertz CT molecular complexity index is 289. The molecule has 0 aliphatic carbocycles. The Balaban J connectivity index is 0.00000225. The summed E-state index contributed by atoms with van der Waals surface area (Å²) < 4.78 is 0. The van der Waals surface area contributed by atoms with Gasteiger partial charge in [0.1, 0.15) is 6.04 Å². The quantitative estimate of drug-likeness (QED) is 0.295. The fraction of sp³-hybridized carbons (Fsp3) is 0.571. The van der Waals surface area contributed by atoms with Crippen molar-refractivity contribution >= 4 is 29.7 Å². The molecule has 16 heavy (non-hydrogen) atoms. The average Bonchev–Trinajstić information content (AvgIpc) is 2.44. The number of rotatable bonds is 5. The first-order valence-electron chi connectivity index (χ1n) is 4.38. The third-order valence-electron chi connectivity index (χ3n) is 1.71. The van der Waals surface area contributed by atoms with Gasteiger partial charge in [0.25, 0.3) is 5.91 Å². The van der Waals surface area contributed by atoms with E-state index >= 15 is 0 Å². The normalized spacial score (nSPS) is 18.4. The molecule has 92 valence electrons. The summed E-state index contributed by atoms with van der Waals surface area (Å²) in [5.41, 5.74) is 3.16. The SMILES string of the molecule is [Cl-].[NH3+]C(=O)NCCSC[C@@H]1NC(=O)NC1=O. The molecule has 6 N–H and O–H groups in total. The van der Waals surface area contributed by atoms with Crippen LogP contribution in [0.15, 0.2) is 0 Å². The van der Waals surface area contributed by atoms with E-state index in [1.807, 2.05) is 0 Å². The molecule has 1 aliphatic heterocycles. The number of quaternary nitrogens is 1. The number of imide groups is 1. The first-order valence-corrected chi connectivity index (χ1v) is 5.54. The van der Waals surface area contributed by atoms with Crippen molar-refractivity contribution in [3.63, 3.8) is 0 Å². The van der Waals surface area contributed by atoms with E-state index in [0.29, 0.717) is 18.1 Å². The number of carbonyl (C=O) groups is 3. The topological polar surface area (TPSA) is 115 Å². The summed E-state index contributed by atoms with van der Waals surface area (Å²) in [5, 5.41) is 7.16. The molecule has 5 amide bonds. The predicted molar refractivity (Wildman–Crippen MR) is 54.1 cm³/mol. The van der Waals surface area contributed by atoms with Crippen molar-refractivity contribution in [3.8, 4) is 0 Å². The van der Waals surface area contributed by atoms with Gasteiger partial charge in [-0.05, 0) is 0 Å². The second-order valence-corrected chi connectivity index (χ2v) is 4.09. The molecule has 1 atom stereocenters. The van der Waals surface area contributed by atoms with Crippen molar-refractivity contribution in [1.29, 1.82) is 0 Å². The van der Waals surface area contributed by atoms with Gasteiger partial charge in [0.2, 0.25) is 0 Å². The third-order valence-corrected chi connectivity index (χ3v) is 2.77. The number of amides is 5. The first kappa shape index (κ1) is 15.0. The zero-order valence-corrected chi connectivity index (χ0v) is 9.99. The molecule has 0 unspecified atom stereocenters. The van der Waals surface area contributed by atoms with Crippen LogP contribution in [0.1, 0.15) is 0 Å². The summed E-state index contributed by atoms with van der Waals surface area (Å²) in [6, 6.07) is -1.22. The number of halogens is 1. The molecule has 1 rings (SSSR count). The van der Waals surface area contributed by atoms with Crippen LogP contribution in [-0.2, 0) is 4.79 Å². The maximum Gasteiger partial charge on any atom is 0.411 e. The Hall–Kier alpha value is -0.990. The number of nitrogens with one attached hydrogen (secondary N) is 3. The fourth-order valence-electron chi connectivity index (χ4n) is 1.04. The lowest BCUT2D eigenvalue weighted by atomic mass is 10.3. The van der Waals surface area contributed by atoms with Gasteiger partial charge < -0.3 is 23.0 Å². The van der Waals surface area contributed by atoms with Gasteiger partial charge in [-0.25, -0.2) is 9.59 Å². The maximum atomic E-state index is 11.1. The van der Waals surface area contributed by atoms with Gasteiger partial charge in [-0.15, -0.1) is 0 Å². The molecule has 1 heterocycles. The van der Waals surface area contributed by atoms with Crippen molar-refractivity contribution < 1.29 is 32.5 Å². The van der Waals surface area contributed by atoms with Gasteiger partial charge >= 0.3 is 12.1 Å². The van der Waals surface area contributed by atoms with Crippen LogP contribution in [0.3, 0.4) is 0 Å². The fourth-order valence-corrected chi connectivity index (χ4v) is 1.92. The summed E-state index contributed by atoms with van der Waals surface area (Å²) in [4.78, 5) is 32.2. The average molecular weight is 269 g/mol. The minimum atomic E-state index is -0.460. The van der Waals surface area contributed by atoms with Crippen LogP contribution in [0.2, 0.25) is 0 Å². The van der Waals surface area contributed by atoms with Crippen LogP contribution >= 0.6 is 11.8 Å². The molecular formula is C7H13ClN4O3S. The van der Waals surface area contributed by atoms with Gasteiger partial charge in [0.05, 0.1) is 0 Å². The van der Waals surface area contributed by atoms with Crippen LogP contribution < -0.4 is 34.1 Å². The smallest absolute Gasteiger partial charge is 0.411 e. The summed E-state index contributed by atoms with van der Waals surface area (Å²) >= 11 is 1.48. The molecule has 0 aromatic carbocycles. The highest BCUT2D eigenvalue weighted by Crippen LogP contribution is 2.04. The van der Waals surface area contributed by atoms with Crippen molar-refractivity contribution in [2.24, 2.45) is 0 Å².